The normalized spacial score (nSPS) is 25.0. The van der Waals surface area contributed by atoms with E-state index >= 15 is 0 Å². The van der Waals surface area contributed by atoms with Crippen LogP contribution in [0.25, 0.3) is 10.9 Å². The van der Waals surface area contributed by atoms with Crippen molar-refractivity contribution in [2.75, 3.05) is 26.0 Å². The number of fused-ring (bicyclic) bond motifs is 1. The molecular weight excluding hydrogens is 492 g/mol. The number of nitrogens with one attached hydrogen (secondary N) is 1. The molecule has 1 saturated carbocycles. The molecule has 3 aromatic rings. The summed E-state index contributed by atoms with van der Waals surface area (Å²) in [6.45, 7) is 1.35. The summed E-state index contributed by atoms with van der Waals surface area (Å²) in [6, 6.07) is 6.37. The van der Waals surface area contributed by atoms with Gasteiger partial charge < -0.3 is 9.64 Å². The second-order valence-corrected chi connectivity index (χ2v) is 12.4. The van der Waals surface area contributed by atoms with Crippen LogP contribution in [0, 0.1) is 5.92 Å². The van der Waals surface area contributed by atoms with Gasteiger partial charge in [-0.25, -0.2) is 13.1 Å². The van der Waals surface area contributed by atoms with E-state index in [1.807, 2.05) is 17.9 Å². The van der Waals surface area contributed by atoms with Crippen LogP contribution in [-0.2, 0) is 28.9 Å². The first-order chi connectivity index (χ1) is 17.7. The lowest BCUT2D eigenvalue weighted by molar-refractivity contribution is -0.0149. The van der Waals surface area contributed by atoms with Gasteiger partial charge in [0.05, 0.1) is 42.4 Å². The highest BCUT2D eigenvalue weighted by atomic mass is 32.2. The summed E-state index contributed by atoms with van der Waals surface area (Å²) in [4.78, 5) is 14.8. The number of piperidine rings is 1. The molecule has 0 radical (unpaired) electrons. The third-order valence-corrected chi connectivity index (χ3v) is 8.53. The molecule has 2 aliphatic rings. The van der Waals surface area contributed by atoms with Crippen LogP contribution >= 0.6 is 0 Å². The van der Waals surface area contributed by atoms with Crippen LogP contribution in [0.2, 0.25) is 0 Å². The molecule has 2 atom stereocenters. The molecule has 3 heterocycles. The van der Waals surface area contributed by atoms with Crippen LogP contribution in [0.15, 0.2) is 36.8 Å². The molecule has 2 aromatic heterocycles. The largest absolute Gasteiger partial charge is 0.378 e. The molecule has 0 bridgehead atoms. The Balaban J connectivity index is 1.19. The minimum absolute atomic E-state index is 0.0815. The Hall–Kier alpha value is -2.76. The quantitative estimate of drug-likeness (QED) is 0.504. The molecule has 0 spiro atoms. The lowest BCUT2D eigenvalue weighted by Gasteiger charge is -2.39. The molecule has 200 valence electrons. The third-order valence-electron chi connectivity index (χ3n) is 7.80. The number of hydrogen-bond donors (Lipinski definition) is 1. The van der Waals surface area contributed by atoms with E-state index in [0.29, 0.717) is 37.6 Å². The van der Waals surface area contributed by atoms with Crippen LogP contribution in [0.1, 0.15) is 53.9 Å². The van der Waals surface area contributed by atoms with Crippen LogP contribution < -0.4 is 4.72 Å². The molecular formula is C26H36N6O4S. The number of amides is 1. The minimum Gasteiger partial charge on any atom is -0.378 e. The van der Waals surface area contributed by atoms with E-state index in [4.69, 9.17) is 4.74 Å². The van der Waals surface area contributed by atoms with Gasteiger partial charge in [-0.1, -0.05) is 6.07 Å². The van der Waals surface area contributed by atoms with E-state index in [1.54, 1.807) is 29.0 Å². The fourth-order valence-electron chi connectivity index (χ4n) is 5.79. The van der Waals surface area contributed by atoms with E-state index in [1.165, 1.54) is 17.2 Å². The summed E-state index contributed by atoms with van der Waals surface area (Å²) >= 11 is 0. The molecule has 1 aliphatic heterocycles. The molecule has 1 aromatic carbocycles. The van der Waals surface area contributed by atoms with Crippen LogP contribution in [-0.4, -0.2) is 76.9 Å². The van der Waals surface area contributed by atoms with Crippen LogP contribution in [0.5, 0.6) is 0 Å². The van der Waals surface area contributed by atoms with Gasteiger partial charge in [0, 0.05) is 50.7 Å². The summed E-state index contributed by atoms with van der Waals surface area (Å²) in [5, 5.41) is 9.63. The standard InChI is InChI=1S/C26H36N6O4S/c1-30-15-21(14-27-30)26(33)32-11-10-24(29-37(3,34)35)22(16-32)17-36-23-7-4-18(5-8-23)19-6-9-25-20(12-19)13-28-31(25)2/h6,9,12-15,18,22-24,29H,4-5,7-8,10-11,16-17H2,1-3H3/t18?,22-,23?,24-/m0/s1. The fourth-order valence-corrected chi connectivity index (χ4v) is 6.65. The predicted molar refractivity (Wildman–Crippen MR) is 141 cm³/mol. The molecule has 5 rings (SSSR count). The van der Waals surface area contributed by atoms with Crippen molar-refractivity contribution in [2.45, 2.75) is 50.2 Å². The van der Waals surface area contributed by atoms with Crippen molar-refractivity contribution in [2.24, 2.45) is 20.0 Å². The van der Waals surface area contributed by atoms with E-state index in [-0.39, 0.29) is 24.0 Å². The Morgan fingerprint density at radius 2 is 1.89 bits per heavy atom. The molecule has 37 heavy (non-hydrogen) atoms. The van der Waals surface area contributed by atoms with Gasteiger partial charge in [-0.3, -0.25) is 14.2 Å². The number of aromatic nitrogens is 4. The number of nitrogens with zero attached hydrogens (tertiary/aromatic N) is 5. The monoisotopic (exact) mass is 528 g/mol. The topological polar surface area (TPSA) is 111 Å². The number of ether oxygens (including phenoxy) is 1. The van der Waals surface area contributed by atoms with Gasteiger partial charge in [-0.2, -0.15) is 10.2 Å². The molecule has 0 unspecified atom stereocenters. The number of hydrogen-bond acceptors (Lipinski definition) is 6. The lowest BCUT2D eigenvalue weighted by Crippen LogP contribution is -2.53. The van der Waals surface area contributed by atoms with Gasteiger partial charge in [0.25, 0.3) is 5.91 Å². The Bertz CT molecular complexity index is 1360. The van der Waals surface area contributed by atoms with Crippen molar-refractivity contribution in [3.05, 3.63) is 47.9 Å². The van der Waals surface area contributed by atoms with Gasteiger partial charge in [0.2, 0.25) is 10.0 Å². The lowest BCUT2D eigenvalue weighted by atomic mass is 9.82. The number of sulfonamides is 1. The number of likely N-dealkylation sites (tertiary alicyclic amines) is 1. The van der Waals surface area contributed by atoms with E-state index < -0.39 is 10.0 Å². The zero-order valence-electron chi connectivity index (χ0n) is 21.7. The van der Waals surface area contributed by atoms with Gasteiger partial charge in [0.1, 0.15) is 0 Å². The van der Waals surface area contributed by atoms with E-state index in [0.717, 1.165) is 31.2 Å². The highest BCUT2D eigenvalue weighted by Gasteiger charge is 2.35. The minimum atomic E-state index is -3.37. The van der Waals surface area contributed by atoms with Gasteiger partial charge in [-0.05, 0) is 55.7 Å². The highest BCUT2D eigenvalue weighted by Crippen LogP contribution is 2.35. The first kappa shape index (κ1) is 25.9. The zero-order valence-corrected chi connectivity index (χ0v) is 22.5. The zero-order chi connectivity index (χ0) is 26.2. The third kappa shape index (κ3) is 6.05. The van der Waals surface area contributed by atoms with E-state index in [9.17, 15) is 13.2 Å². The molecule has 10 nitrogen and oxygen atoms in total. The summed E-state index contributed by atoms with van der Waals surface area (Å²) in [5.74, 6) is 0.309. The van der Waals surface area contributed by atoms with Crippen LogP contribution in [0.4, 0.5) is 0 Å². The average Bonchev–Trinajstić information content (AvgIpc) is 3.47. The second-order valence-electron chi connectivity index (χ2n) is 10.6. The second kappa shape index (κ2) is 10.5. The van der Waals surface area contributed by atoms with Gasteiger partial charge >= 0.3 is 0 Å². The maximum absolute atomic E-state index is 13.0. The maximum Gasteiger partial charge on any atom is 0.257 e. The Morgan fingerprint density at radius 3 is 2.59 bits per heavy atom. The van der Waals surface area contributed by atoms with Gasteiger partial charge in [0.15, 0.2) is 0 Å². The van der Waals surface area contributed by atoms with Crippen molar-refractivity contribution in [1.82, 2.24) is 29.2 Å². The Labute approximate surface area is 218 Å². The molecule has 1 amide bonds. The molecule has 1 aliphatic carbocycles. The van der Waals surface area contributed by atoms with Crippen molar-refractivity contribution in [3.63, 3.8) is 0 Å². The molecule has 2 fully saturated rings. The van der Waals surface area contributed by atoms with Crippen molar-refractivity contribution in [1.29, 1.82) is 0 Å². The summed E-state index contributed by atoms with van der Waals surface area (Å²) in [6.07, 6.45) is 11.1. The highest BCUT2D eigenvalue weighted by molar-refractivity contribution is 7.88. The molecule has 11 heteroatoms. The Kier molecular flexibility index (Phi) is 7.37. The summed E-state index contributed by atoms with van der Waals surface area (Å²) in [7, 11) is 0.372. The maximum atomic E-state index is 13.0. The van der Waals surface area contributed by atoms with Crippen molar-refractivity contribution in [3.8, 4) is 0 Å². The van der Waals surface area contributed by atoms with Crippen LogP contribution in [0.3, 0.4) is 0 Å². The number of benzene rings is 1. The number of carbonyl (C=O) groups is 1. The predicted octanol–water partition coefficient (Wildman–Crippen LogP) is 2.43. The first-order valence-electron chi connectivity index (χ1n) is 12.9. The fraction of sp³-hybridized carbons (Fsp3) is 0.577. The van der Waals surface area contributed by atoms with Gasteiger partial charge in [-0.15, -0.1) is 0 Å². The molecule has 1 N–H and O–H groups in total. The van der Waals surface area contributed by atoms with Crippen molar-refractivity contribution < 1.29 is 17.9 Å². The van der Waals surface area contributed by atoms with Crippen molar-refractivity contribution >= 4 is 26.8 Å². The first-order valence-corrected chi connectivity index (χ1v) is 14.8. The molecule has 1 saturated heterocycles. The smallest absolute Gasteiger partial charge is 0.257 e. The van der Waals surface area contributed by atoms with E-state index in [2.05, 4.69) is 33.1 Å². The Morgan fingerprint density at radius 1 is 1.11 bits per heavy atom. The summed E-state index contributed by atoms with van der Waals surface area (Å²) < 4.78 is 36.6. The summed E-state index contributed by atoms with van der Waals surface area (Å²) in [5.41, 5.74) is 3.04. The number of aryl methyl sites for hydroxylation is 2. The number of carbonyl (C=O) groups excluding carboxylic acids is 1. The SMILES string of the molecule is Cn1cc(C(=O)N2CC[C@H](NS(C)(=O)=O)[C@H](COC3CCC(c4ccc5c(cnn5C)c4)CC3)C2)cn1. The average molecular weight is 529 g/mol. The number of rotatable bonds is 7.